The number of piperidine rings is 1. The number of nitrogens with one attached hydrogen (secondary N) is 1. The van der Waals surface area contributed by atoms with E-state index in [4.69, 9.17) is 5.73 Å². The van der Waals surface area contributed by atoms with E-state index in [-0.39, 0.29) is 31.5 Å². The van der Waals surface area contributed by atoms with E-state index in [2.05, 4.69) is 5.32 Å². The van der Waals surface area contributed by atoms with Gasteiger partial charge in [0, 0.05) is 13.1 Å². The summed E-state index contributed by atoms with van der Waals surface area (Å²) >= 11 is 0. The lowest BCUT2D eigenvalue weighted by Crippen LogP contribution is -2.48. The molecule has 1 saturated heterocycles. The molecule has 0 radical (unpaired) electrons. The second kappa shape index (κ2) is 10.2. The molecule has 0 spiro atoms. The van der Waals surface area contributed by atoms with Crippen molar-refractivity contribution in [2.75, 3.05) is 38.0 Å². The first-order chi connectivity index (χ1) is 13.7. The van der Waals surface area contributed by atoms with Crippen LogP contribution in [0.2, 0.25) is 0 Å². The normalized spacial score (nSPS) is 16.7. The zero-order valence-electron chi connectivity index (χ0n) is 16.2. The first-order valence-electron chi connectivity index (χ1n) is 9.45. The van der Waals surface area contributed by atoms with Crippen LogP contribution in [0.1, 0.15) is 26.2 Å². The maximum absolute atomic E-state index is 13.7. The highest BCUT2D eigenvalue weighted by atomic mass is 19.2. The minimum Gasteiger partial charge on any atom is -0.369 e. The van der Waals surface area contributed by atoms with Gasteiger partial charge in [0.05, 0.1) is 24.7 Å². The number of benzene rings is 1. The van der Waals surface area contributed by atoms with Crippen molar-refractivity contribution >= 4 is 23.4 Å². The molecule has 0 aliphatic carbocycles. The summed E-state index contributed by atoms with van der Waals surface area (Å²) in [7, 11) is 0. The van der Waals surface area contributed by atoms with Crippen LogP contribution in [0.3, 0.4) is 0 Å². The summed E-state index contributed by atoms with van der Waals surface area (Å²) in [5, 5.41) is 2.19. The van der Waals surface area contributed by atoms with Crippen LogP contribution < -0.4 is 11.1 Å². The molecule has 1 heterocycles. The number of rotatable bonds is 8. The molecule has 1 aromatic carbocycles. The van der Waals surface area contributed by atoms with Crippen LogP contribution >= 0.6 is 0 Å². The second-order valence-corrected chi connectivity index (χ2v) is 7.06. The molecule has 3 N–H and O–H groups in total. The Balaban J connectivity index is 1.97. The molecule has 2 rings (SSSR count). The van der Waals surface area contributed by atoms with Gasteiger partial charge in [0.15, 0.2) is 17.5 Å². The highest BCUT2D eigenvalue weighted by molar-refractivity contribution is 5.92. The molecule has 1 aliphatic heterocycles. The fourth-order valence-electron chi connectivity index (χ4n) is 3.27. The molecule has 1 unspecified atom stereocenters. The minimum atomic E-state index is -1.67. The van der Waals surface area contributed by atoms with E-state index in [9.17, 15) is 27.6 Å². The molecule has 3 amide bonds. The summed E-state index contributed by atoms with van der Waals surface area (Å²) in [5.41, 5.74) is 4.85. The second-order valence-electron chi connectivity index (χ2n) is 7.06. The van der Waals surface area contributed by atoms with Gasteiger partial charge in [-0.15, -0.1) is 0 Å². The molecule has 1 aromatic rings. The van der Waals surface area contributed by atoms with Crippen LogP contribution in [-0.2, 0) is 14.4 Å². The molecule has 160 valence electrons. The van der Waals surface area contributed by atoms with E-state index in [1.54, 1.807) is 9.80 Å². The molecule has 29 heavy (non-hydrogen) atoms. The first-order valence-corrected chi connectivity index (χ1v) is 9.45. The highest BCUT2D eigenvalue weighted by Gasteiger charge is 2.28. The van der Waals surface area contributed by atoms with Crippen LogP contribution in [0.5, 0.6) is 0 Å². The molecule has 0 bridgehead atoms. The van der Waals surface area contributed by atoms with Crippen molar-refractivity contribution < 1.29 is 27.6 Å². The Bertz CT molecular complexity index is 775. The number of hydrogen-bond acceptors (Lipinski definition) is 4. The third-order valence-electron chi connectivity index (χ3n) is 4.75. The summed E-state index contributed by atoms with van der Waals surface area (Å²) in [5.74, 6) is -6.23. The lowest BCUT2D eigenvalue weighted by molar-refractivity contribution is -0.136. The van der Waals surface area contributed by atoms with Gasteiger partial charge in [-0.3, -0.25) is 19.3 Å². The number of amides is 3. The molecular weight excluding hydrogens is 389 g/mol. The topological polar surface area (TPSA) is 95.7 Å². The van der Waals surface area contributed by atoms with Gasteiger partial charge in [-0.25, -0.2) is 13.2 Å². The third-order valence-corrected chi connectivity index (χ3v) is 4.75. The molecule has 1 aliphatic rings. The van der Waals surface area contributed by atoms with E-state index in [0.717, 1.165) is 6.07 Å². The fourth-order valence-corrected chi connectivity index (χ4v) is 3.27. The molecule has 0 aromatic heterocycles. The van der Waals surface area contributed by atoms with Gasteiger partial charge in [-0.1, -0.05) is 6.92 Å². The van der Waals surface area contributed by atoms with Gasteiger partial charge in [-0.2, -0.15) is 0 Å². The van der Waals surface area contributed by atoms with E-state index in [1.807, 2.05) is 6.92 Å². The Morgan fingerprint density at radius 3 is 2.59 bits per heavy atom. The molecule has 0 saturated carbocycles. The number of anilines is 1. The number of nitrogens with two attached hydrogens (primary N) is 1. The van der Waals surface area contributed by atoms with Crippen molar-refractivity contribution in [2.45, 2.75) is 26.2 Å². The lowest BCUT2D eigenvalue weighted by atomic mass is 9.97. The molecule has 10 heteroatoms. The zero-order chi connectivity index (χ0) is 21.6. The summed E-state index contributed by atoms with van der Waals surface area (Å²) in [6.45, 7) is 2.76. The summed E-state index contributed by atoms with van der Waals surface area (Å²) in [6.07, 6.45) is 1.97. The molecule has 1 atom stereocenters. The summed E-state index contributed by atoms with van der Waals surface area (Å²) in [6, 6.07) is 1.64. The Kier molecular flexibility index (Phi) is 8.00. The molecular formula is C19H25F3N4O3. The number of hydrogen-bond donors (Lipinski definition) is 2. The van der Waals surface area contributed by atoms with Crippen molar-refractivity contribution in [2.24, 2.45) is 11.7 Å². The van der Waals surface area contributed by atoms with Gasteiger partial charge in [-0.05, 0) is 37.9 Å². The van der Waals surface area contributed by atoms with E-state index < -0.39 is 35.0 Å². The standard InChI is InChI=1S/C19H25F3N4O3/c1-2-7-25(11-16(28)26-8-3-4-12(9-26)19(23)29)10-15(27)24-14-6-5-13(20)17(21)18(14)22/h5-6,12H,2-4,7-11H2,1H3,(H2,23,29)(H,24,27). The maximum Gasteiger partial charge on any atom is 0.238 e. The van der Waals surface area contributed by atoms with Crippen molar-refractivity contribution in [1.82, 2.24) is 9.80 Å². The predicted molar refractivity (Wildman–Crippen MR) is 100 cm³/mol. The zero-order valence-corrected chi connectivity index (χ0v) is 16.2. The Hall–Kier alpha value is -2.62. The number of primary amides is 1. The summed E-state index contributed by atoms with van der Waals surface area (Å²) < 4.78 is 40.0. The van der Waals surface area contributed by atoms with Crippen LogP contribution in [0.4, 0.5) is 18.9 Å². The number of likely N-dealkylation sites (tertiary alicyclic amines) is 1. The SMILES string of the molecule is CCCN(CC(=O)Nc1ccc(F)c(F)c1F)CC(=O)N1CCCC(C(N)=O)C1. The van der Waals surface area contributed by atoms with Gasteiger partial charge in [0.25, 0.3) is 0 Å². The number of halogens is 3. The maximum atomic E-state index is 13.7. The van der Waals surface area contributed by atoms with Crippen molar-refractivity contribution in [3.63, 3.8) is 0 Å². The van der Waals surface area contributed by atoms with Gasteiger partial charge < -0.3 is 16.0 Å². The predicted octanol–water partition coefficient (Wildman–Crippen LogP) is 1.48. The third kappa shape index (κ3) is 6.18. The molecule has 7 nitrogen and oxygen atoms in total. The average molecular weight is 414 g/mol. The van der Waals surface area contributed by atoms with Crippen molar-refractivity contribution in [3.8, 4) is 0 Å². The van der Waals surface area contributed by atoms with Crippen LogP contribution in [0.25, 0.3) is 0 Å². The van der Waals surface area contributed by atoms with E-state index >= 15 is 0 Å². The Morgan fingerprint density at radius 1 is 1.21 bits per heavy atom. The monoisotopic (exact) mass is 414 g/mol. The van der Waals surface area contributed by atoms with Crippen LogP contribution in [0.15, 0.2) is 12.1 Å². The number of nitrogens with zero attached hydrogens (tertiary/aromatic N) is 2. The van der Waals surface area contributed by atoms with Crippen molar-refractivity contribution in [1.29, 1.82) is 0 Å². The summed E-state index contributed by atoms with van der Waals surface area (Å²) in [4.78, 5) is 39.3. The van der Waals surface area contributed by atoms with E-state index in [0.29, 0.717) is 38.4 Å². The highest BCUT2D eigenvalue weighted by Crippen LogP contribution is 2.20. The van der Waals surface area contributed by atoms with Crippen LogP contribution in [-0.4, -0.2) is 60.2 Å². The number of carbonyl (C=O) groups excluding carboxylic acids is 3. The first kappa shape index (κ1) is 22.7. The molecule has 1 fully saturated rings. The fraction of sp³-hybridized carbons (Fsp3) is 0.526. The van der Waals surface area contributed by atoms with Gasteiger partial charge >= 0.3 is 0 Å². The van der Waals surface area contributed by atoms with Gasteiger partial charge in [0.2, 0.25) is 17.7 Å². The minimum absolute atomic E-state index is 0.0625. The van der Waals surface area contributed by atoms with Crippen molar-refractivity contribution in [3.05, 3.63) is 29.6 Å². The number of carbonyl (C=O) groups is 3. The quantitative estimate of drug-likeness (QED) is 0.630. The van der Waals surface area contributed by atoms with Crippen LogP contribution in [0, 0.1) is 23.4 Å². The smallest absolute Gasteiger partial charge is 0.238 e. The largest absolute Gasteiger partial charge is 0.369 e. The lowest BCUT2D eigenvalue weighted by Gasteiger charge is -2.33. The Labute approximate surface area is 167 Å². The van der Waals surface area contributed by atoms with Gasteiger partial charge in [0.1, 0.15) is 0 Å². The average Bonchev–Trinajstić information content (AvgIpc) is 2.68. The van der Waals surface area contributed by atoms with E-state index in [1.165, 1.54) is 0 Å². The Morgan fingerprint density at radius 2 is 1.93 bits per heavy atom.